The summed E-state index contributed by atoms with van der Waals surface area (Å²) in [4.78, 5) is 46.5. The Bertz CT molecular complexity index is 512. The zero-order chi connectivity index (χ0) is 14.0. The van der Waals surface area contributed by atoms with Crippen molar-refractivity contribution in [3.8, 4) is 0 Å². The maximum atomic E-state index is 11.7. The third-order valence-corrected chi connectivity index (χ3v) is 5.88. The summed E-state index contributed by atoms with van der Waals surface area (Å²) in [6.45, 7) is 5.38. The summed E-state index contributed by atoms with van der Waals surface area (Å²) in [5.74, 6) is -1.09. The third-order valence-electron chi connectivity index (χ3n) is 2.67. The fourth-order valence-corrected chi connectivity index (χ4v) is 5.03. The average Bonchev–Trinajstić information content (AvgIpc) is 2.26. The van der Waals surface area contributed by atoms with Crippen LogP contribution in [0.25, 0.3) is 0 Å². The van der Waals surface area contributed by atoms with Gasteiger partial charge in [-0.3, -0.25) is 0 Å². The molecule has 0 aromatic rings. The van der Waals surface area contributed by atoms with E-state index in [0.29, 0.717) is 9.64 Å². The summed E-state index contributed by atoms with van der Waals surface area (Å²) in [7, 11) is 0. The summed E-state index contributed by atoms with van der Waals surface area (Å²) in [6, 6.07) is 0. The minimum absolute atomic E-state index is 0.114. The number of hydrogen-bond donors (Lipinski definition) is 0. The van der Waals surface area contributed by atoms with Crippen LogP contribution in [0.3, 0.4) is 0 Å². The second-order valence-electron chi connectivity index (χ2n) is 4.14. The molecule has 0 saturated carbocycles. The predicted molar refractivity (Wildman–Crippen MR) is 68.6 cm³/mol. The average molecular weight is 303 g/mol. The predicted octanol–water partition coefficient (Wildman–Crippen LogP) is 0.413. The van der Waals surface area contributed by atoms with Gasteiger partial charge in [0.05, 0.1) is 0 Å². The van der Waals surface area contributed by atoms with Gasteiger partial charge in [-0.05, 0) is 0 Å². The van der Waals surface area contributed by atoms with Gasteiger partial charge in [-0.1, -0.05) is 0 Å². The van der Waals surface area contributed by atoms with Crippen molar-refractivity contribution in [2.24, 2.45) is 0 Å². The molecule has 0 saturated heterocycles. The van der Waals surface area contributed by atoms with E-state index >= 15 is 0 Å². The summed E-state index contributed by atoms with van der Waals surface area (Å²) in [5, 5.41) is 0. The first-order valence-electron chi connectivity index (χ1n) is 5.48. The molecular formula is C13H13GaO4. The van der Waals surface area contributed by atoms with Crippen molar-refractivity contribution < 1.29 is 19.2 Å². The van der Waals surface area contributed by atoms with E-state index in [2.05, 4.69) is 0 Å². The molecule has 0 fully saturated rings. The molecule has 1 aliphatic rings. The number of Topliss-reactive ketones (excluding diaryl/α,β-unsaturated/α-hetero) is 4. The fraction of sp³-hybridized carbons (Fsp3) is 0.308. The van der Waals surface area contributed by atoms with E-state index in [1.807, 2.05) is 0 Å². The second-order valence-corrected chi connectivity index (χ2v) is 6.75. The molecule has 4 nitrogen and oxygen atoms in total. The van der Waals surface area contributed by atoms with Crippen LogP contribution in [0.4, 0.5) is 0 Å². The van der Waals surface area contributed by atoms with Crippen molar-refractivity contribution in [3.63, 3.8) is 0 Å². The van der Waals surface area contributed by atoms with Crippen LogP contribution in [0.1, 0.15) is 27.7 Å². The van der Waals surface area contributed by atoms with Crippen LogP contribution in [-0.2, 0) is 19.2 Å². The summed E-state index contributed by atoms with van der Waals surface area (Å²) in [5.41, 5.74) is 0.587. The SMILES string of the molecule is CC(=O)C1=[CH][Ga]=[C](C(C)=O)C(C(C)=O)=C1C(C)=O. The molecule has 0 unspecified atom stereocenters. The Morgan fingerprint density at radius 1 is 0.778 bits per heavy atom. The molecule has 1 rings (SSSR count). The van der Waals surface area contributed by atoms with Crippen LogP contribution in [0, 0.1) is 0 Å². The first-order chi connectivity index (χ1) is 8.27. The quantitative estimate of drug-likeness (QED) is 0.706. The number of rotatable bonds is 4. The molecule has 0 amide bonds. The van der Waals surface area contributed by atoms with E-state index in [9.17, 15) is 19.2 Å². The minimum atomic E-state index is -1.28. The molecular weight excluding hydrogens is 290 g/mol. The molecule has 0 aromatic carbocycles. The van der Waals surface area contributed by atoms with Crippen molar-refractivity contribution in [1.29, 1.82) is 0 Å². The van der Waals surface area contributed by atoms with Crippen molar-refractivity contribution in [2.45, 2.75) is 27.7 Å². The van der Waals surface area contributed by atoms with Gasteiger partial charge >= 0.3 is 112 Å². The van der Waals surface area contributed by atoms with Gasteiger partial charge in [-0.2, -0.15) is 0 Å². The van der Waals surface area contributed by atoms with Crippen molar-refractivity contribution in [2.75, 3.05) is 0 Å². The molecule has 5 heteroatoms. The zero-order valence-corrected chi connectivity index (χ0v) is 13.2. The van der Waals surface area contributed by atoms with E-state index in [-0.39, 0.29) is 34.3 Å². The van der Waals surface area contributed by atoms with Crippen LogP contribution in [0.15, 0.2) is 21.3 Å². The van der Waals surface area contributed by atoms with Gasteiger partial charge in [-0.25, -0.2) is 0 Å². The standard InChI is InChI=1S/C13H13O4.Ga/c1-7(14)6-12(10(4)16)13(11(5)17)8(2)9(3)15;/h2H,1,3-5H3;. The van der Waals surface area contributed by atoms with Gasteiger partial charge in [0.15, 0.2) is 0 Å². The Balaban J connectivity index is 3.68. The van der Waals surface area contributed by atoms with E-state index < -0.39 is 17.0 Å². The molecule has 1 heterocycles. The van der Waals surface area contributed by atoms with E-state index in [4.69, 9.17) is 0 Å². The second kappa shape index (κ2) is 5.54. The molecule has 92 valence electrons. The molecule has 0 bridgehead atoms. The topological polar surface area (TPSA) is 68.3 Å². The van der Waals surface area contributed by atoms with Crippen LogP contribution in [0.2, 0.25) is 0 Å². The summed E-state index contributed by atoms with van der Waals surface area (Å²) >= 11 is -1.28. The Kier molecular flexibility index (Phi) is 4.53. The van der Waals surface area contributed by atoms with Crippen molar-refractivity contribution in [1.82, 2.24) is 0 Å². The van der Waals surface area contributed by atoms with Gasteiger partial charge in [0.25, 0.3) is 0 Å². The van der Waals surface area contributed by atoms with Crippen LogP contribution >= 0.6 is 0 Å². The summed E-state index contributed by atoms with van der Waals surface area (Å²) in [6.07, 6.45) is 0. The third kappa shape index (κ3) is 2.73. The van der Waals surface area contributed by atoms with E-state index in [0.717, 1.165) is 0 Å². The Morgan fingerprint density at radius 3 is 1.61 bits per heavy atom. The number of allylic oxidation sites excluding steroid dienone is 3. The number of ketones is 4. The molecule has 0 aliphatic carbocycles. The Hall–Kier alpha value is -1.33. The monoisotopic (exact) mass is 302 g/mol. The number of carbonyl (C=O) groups is 4. The van der Waals surface area contributed by atoms with Crippen LogP contribution in [0.5, 0.6) is 0 Å². The van der Waals surface area contributed by atoms with Crippen molar-refractivity contribution >= 4 is 44.2 Å². The summed E-state index contributed by atoms with van der Waals surface area (Å²) < 4.78 is 2.16. The van der Waals surface area contributed by atoms with Gasteiger partial charge in [0.1, 0.15) is 0 Å². The number of carbonyl (C=O) groups excluding carboxylic acids is 4. The molecule has 1 aliphatic heterocycles. The molecule has 0 radical (unpaired) electrons. The van der Waals surface area contributed by atoms with Gasteiger partial charge in [-0.15, -0.1) is 0 Å². The zero-order valence-electron chi connectivity index (χ0n) is 10.8. The molecule has 0 atom stereocenters. The van der Waals surface area contributed by atoms with Gasteiger partial charge in [0.2, 0.25) is 0 Å². The molecule has 18 heavy (non-hydrogen) atoms. The van der Waals surface area contributed by atoms with E-state index in [1.54, 1.807) is 4.63 Å². The molecule has 0 N–H and O–H groups in total. The van der Waals surface area contributed by atoms with Crippen LogP contribution < -0.4 is 0 Å². The van der Waals surface area contributed by atoms with E-state index in [1.165, 1.54) is 27.7 Å². The molecule has 0 spiro atoms. The van der Waals surface area contributed by atoms with Crippen molar-refractivity contribution in [3.05, 3.63) is 21.3 Å². The fourth-order valence-electron chi connectivity index (χ4n) is 1.92. The van der Waals surface area contributed by atoms with Crippen LogP contribution in [-0.4, -0.2) is 44.2 Å². The first kappa shape index (κ1) is 14.7. The van der Waals surface area contributed by atoms with Gasteiger partial charge < -0.3 is 0 Å². The molecule has 0 aromatic heterocycles. The normalized spacial score (nSPS) is 14.4. The number of hydrogen-bond acceptors (Lipinski definition) is 4. The Morgan fingerprint density at radius 2 is 1.28 bits per heavy atom. The first-order valence-corrected chi connectivity index (χ1v) is 8.09. The van der Waals surface area contributed by atoms with Gasteiger partial charge in [0, 0.05) is 0 Å². The maximum absolute atomic E-state index is 11.7. The Labute approximate surface area is 112 Å².